The molecule has 1 saturated carbocycles. The summed E-state index contributed by atoms with van der Waals surface area (Å²) >= 11 is 0. The topological polar surface area (TPSA) is 60.4 Å². The Balaban J connectivity index is 1.95. The molecule has 1 saturated heterocycles. The van der Waals surface area contributed by atoms with E-state index in [1.54, 1.807) is 19.1 Å². The van der Waals surface area contributed by atoms with E-state index in [0.29, 0.717) is 11.8 Å². The molecule has 0 N–H and O–H groups in total. The molecule has 1 heterocycles. The van der Waals surface area contributed by atoms with Crippen LogP contribution >= 0.6 is 0 Å². The summed E-state index contributed by atoms with van der Waals surface area (Å²) in [5.74, 6) is -0.115. The molecule has 1 amide bonds. The first-order chi connectivity index (χ1) is 12.5. The van der Waals surface area contributed by atoms with Crippen LogP contribution in [0.4, 0.5) is 0 Å². The molecule has 2 aliphatic rings. The Kier molecular flexibility index (Phi) is 6.00. The van der Waals surface area contributed by atoms with Gasteiger partial charge in [0, 0.05) is 13.5 Å². The summed E-state index contributed by atoms with van der Waals surface area (Å²) in [6.45, 7) is 4.58. The fourth-order valence-corrected chi connectivity index (χ4v) is 4.81. The molecule has 0 spiro atoms. The Labute approximate surface area is 156 Å². The first-order valence-electron chi connectivity index (χ1n) is 10.1. The second-order valence-electron chi connectivity index (χ2n) is 8.09. The normalized spacial score (nSPS) is 22.8. The third-order valence-electron chi connectivity index (χ3n) is 6.39. The average Bonchev–Trinajstić information content (AvgIpc) is 2.67. The maximum absolute atomic E-state index is 12.1. The number of carboxylic acids is 1. The third-order valence-corrected chi connectivity index (χ3v) is 6.39. The minimum atomic E-state index is -1.13. The summed E-state index contributed by atoms with van der Waals surface area (Å²) < 4.78 is 0. The van der Waals surface area contributed by atoms with Crippen molar-refractivity contribution < 1.29 is 14.7 Å². The molecular formula is C22H30NO3-. The third kappa shape index (κ3) is 4.11. The SMILES string of the molecule is CC(=O)N1CCCCC1c1cc(C(=O)[O-])cc(C(C)C2CCCCC2)c1. The highest BCUT2D eigenvalue weighted by Crippen LogP contribution is 2.38. The van der Waals surface area contributed by atoms with Gasteiger partial charge in [-0.25, -0.2) is 0 Å². The minimum Gasteiger partial charge on any atom is -0.545 e. The average molecular weight is 356 g/mol. The van der Waals surface area contributed by atoms with Gasteiger partial charge >= 0.3 is 0 Å². The number of nitrogens with zero attached hydrogens (tertiary/aromatic N) is 1. The zero-order valence-corrected chi connectivity index (χ0v) is 16.0. The van der Waals surface area contributed by atoms with Gasteiger partial charge in [0.2, 0.25) is 5.91 Å². The zero-order valence-electron chi connectivity index (χ0n) is 16.0. The van der Waals surface area contributed by atoms with Gasteiger partial charge in [0.05, 0.1) is 12.0 Å². The van der Waals surface area contributed by atoms with Crippen LogP contribution in [0.15, 0.2) is 18.2 Å². The van der Waals surface area contributed by atoms with Crippen molar-refractivity contribution in [2.45, 2.75) is 77.2 Å². The number of benzene rings is 1. The van der Waals surface area contributed by atoms with Gasteiger partial charge in [0.15, 0.2) is 0 Å². The van der Waals surface area contributed by atoms with Gasteiger partial charge < -0.3 is 14.8 Å². The Morgan fingerprint density at radius 2 is 1.73 bits per heavy atom. The Bertz CT molecular complexity index is 663. The van der Waals surface area contributed by atoms with E-state index in [1.807, 2.05) is 4.90 Å². The van der Waals surface area contributed by atoms with Crippen LogP contribution in [0.3, 0.4) is 0 Å². The van der Waals surface area contributed by atoms with Crippen LogP contribution in [0.2, 0.25) is 0 Å². The van der Waals surface area contributed by atoms with E-state index in [-0.39, 0.29) is 17.5 Å². The lowest BCUT2D eigenvalue weighted by molar-refractivity contribution is -0.255. The molecule has 2 atom stereocenters. The van der Waals surface area contributed by atoms with Crippen molar-refractivity contribution in [3.05, 3.63) is 34.9 Å². The molecule has 0 aromatic heterocycles. The highest BCUT2D eigenvalue weighted by Gasteiger charge is 2.28. The van der Waals surface area contributed by atoms with Crippen LogP contribution in [-0.2, 0) is 4.79 Å². The second-order valence-corrected chi connectivity index (χ2v) is 8.09. The lowest BCUT2D eigenvalue weighted by Crippen LogP contribution is -2.37. The van der Waals surface area contributed by atoms with Gasteiger partial charge in [-0.15, -0.1) is 0 Å². The van der Waals surface area contributed by atoms with E-state index in [1.165, 1.54) is 32.1 Å². The number of carboxylic acid groups (broad SMARTS) is 1. The van der Waals surface area contributed by atoms with Gasteiger partial charge in [0.25, 0.3) is 0 Å². The van der Waals surface area contributed by atoms with Crippen LogP contribution in [0, 0.1) is 5.92 Å². The monoisotopic (exact) mass is 356 g/mol. The molecular weight excluding hydrogens is 326 g/mol. The van der Waals surface area contributed by atoms with E-state index < -0.39 is 5.97 Å². The summed E-state index contributed by atoms with van der Waals surface area (Å²) in [4.78, 5) is 25.6. The summed E-state index contributed by atoms with van der Waals surface area (Å²) in [7, 11) is 0. The Hall–Kier alpha value is -1.84. The van der Waals surface area contributed by atoms with Crippen molar-refractivity contribution >= 4 is 11.9 Å². The molecule has 0 radical (unpaired) electrons. The van der Waals surface area contributed by atoms with Crippen molar-refractivity contribution in [3.8, 4) is 0 Å². The number of hydrogen-bond acceptors (Lipinski definition) is 3. The van der Waals surface area contributed by atoms with Crippen molar-refractivity contribution in [1.29, 1.82) is 0 Å². The van der Waals surface area contributed by atoms with Gasteiger partial charge in [-0.3, -0.25) is 4.79 Å². The standard InChI is InChI=1S/C22H31NO3/c1-15(17-8-4-3-5-9-17)18-12-19(14-20(13-18)22(25)26)21-10-6-7-11-23(21)16(2)24/h12-15,17,21H,3-11H2,1-2H3,(H,25,26)/p-1. The maximum Gasteiger partial charge on any atom is 0.219 e. The van der Waals surface area contributed by atoms with E-state index >= 15 is 0 Å². The smallest absolute Gasteiger partial charge is 0.219 e. The Morgan fingerprint density at radius 3 is 2.38 bits per heavy atom. The summed E-state index contributed by atoms with van der Waals surface area (Å²) in [5, 5.41) is 11.6. The van der Waals surface area contributed by atoms with E-state index in [0.717, 1.165) is 36.9 Å². The molecule has 1 aromatic rings. The first-order valence-corrected chi connectivity index (χ1v) is 10.1. The van der Waals surface area contributed by atoms with E-state index in [4.69, 9.17) is 0 Å². The molecule has 0 bridgehead atoms. The molecule has 3 rings (SSSR count). The van der Waals surface area contributed by atoms with Crippen LogP contribution < -0.4 is 5.11 Å². The van der Waals surface area contributed by atoms with Gasteiger partial charge in [-0.1, -0.05) is 32.3 Å². The maximum atomic E-state index is 12.1. The van der Waals surface area contributed by atoms with Crippen molar-refractivity contribution in [1.82, 2.24) is 4.90 Å². The van der Waals surface area contributed by atoms with Gasteiger partial charge in [-0.2, -0.15) is 0 Å². The molecule has 26 heavy (non-hydrogen) atoms. The lowest BCUT2D eigenvalue weighted by Gasteiger charge is -2.36. The van der Waals surface area contributed by atoms with Crippen molar-refractivity contribution in [2.24, 2.45) is 5.92 Å². The van der Waals surface area contributed by atoms with Gasteiger partial charge in [-0.05, 0) is 72.8 Å². The van der Waals surface area contributed by atoms with E-state index in [9.17, 15) is 14.7 Å². The lowest BCUT2D eigenvalue weighted by atomic mass is 9.77. The molecule has 1 aliphatic carbocycles. The van der Waals surface area contributed by atoms with E-state index in [2.05, 4.69) is 13.0 Å². The van der Waals surface area contributed by atoms with Crippen LogP contribution in [0.25, 0.3) is 0 Å². The highest BCUT2D eigenvalue weighted by molar-refractivity contribution is 5.86. The summed E-state index contributed by atoms with van der Waals surface area (Å²) in [6, 6.07) is 5.65. The molecule has 4 nitrogen and oxygen atoms in total. The van der Waals surface area contributed by atoms with Crippen LogP contribution in [0.5, 0.6) is 0 Å². The molecule has 4 heteroatoms. The summed E-state index contributed by atoms with van der Waals surface area (Å²) in [6.07, 6.45) is 9.26. The zero-order chi connectivity index (χ0) is 18.7. The van der Waals surface area contributed by atoms with Crippen LogP contribution in [-0.4, -0.2) is 23.3 Å². The van der Waals surface area contributed by atoms with Crippen molar-refractivity contribution in [2.75, 3.05) is 6.54 Å². The number of aromatic carboxylic acids is 1. The molecule has 2 fully saturated rings. The number of likely N-dealkylation sites (tertiary alicyclic amines) is 1. The fourth-order valence-electron chi connectivity index (χ4n) is 4.81. The number of carbonyl (C=O) groups excluding carboxylic acids is 2. The first kappa shape index (κ1) is 18.9. The molecule has 2 unspecified atom stereocenters. The minimum absolute atomic E-state index is 0.0159. The van der Waals surface area contributed by atoms with Crippen LogP contribution in [0.1, 0.15) is 98.7 Å². The van der Waals surface area contributed by atoms with Crippen molar-refractivity contribution in [3.63, 3.8) is 0 Å². The predicted molar refractivity (Wildman–Crippen MR) is 99.7 cm³/mol. The predicted octanol–water partition coefficient (Wildman–Crippen LogP) is 3.81. The molecule has 142 valence electrons. The largest absolute Gasteiger partial charge is 0.545 e. The number of piperidine rings is 1. The Morgan fingerprint density at radius 1 is 1.04 bits per heavy atom. The highest BCUT2D eigenvalue weighted by atomic mass is 16.4. The number of carbonyl (C=O) groups is 2. The number of hydrogen-bond donors (Lipinski definition) is 0. The number of rotatable bonds is 4. The van der Waals surface area contributed by atoms with Gasteiger partial charge in [0.1, 0.15) is 0 Å². The quantitative estimate of drug-likeness (QED) is 0.824. The second kappa shape index (κ2) is 8.24. The number of amides is 1. The molecule has 1 aliphatic heterocycles. The molecule has 1 aromatic carbocycles. The fraction of sp³-hybridized carbons (Fsp3) is 0.636. The summed E-state index contributed by atoms with van der Waals surface area (Å²) in [5.41, 5.74) is 2.29.